The number of hydrogen-bond donors (Lipinski definition) is 3. The lowest BCUT2D eigenvalue weighted by molar-refractivity contribution is -0.252. The maximum Gasteiger partial charge on any atom is 0.328 e. The molecule has 0 aromatic heterocycles. The Morgan fingerprint density at radius 1 is 0.848 bits per heavy atom. The largest absolute Gasteiger partial charge is 0.467 e. The third-order valence-electron chi connectivity index (χ3n) is 7.94. The van der Waals surface area contributed by atoms with Crippen LogP contribution in [0.15, 0.2) is 109 Å². The molecule has 4 atom stereocenters. The number of hydrogen-bond acceptors (Lipinski definition) is 7. The van der Waals surface area contributed by atoms with Crippen molar-refractivity contribution in [3.05, 3.63) is 137 Å². The molecule has 1 aliphatic heterocycles. The first-order valence-electron chi connectivity index (χ1n) is 15.4. The highest BCUT2D eigenvalue weighted by molar-refractivity contribution is 5.92. The van der Waals surface area contributed by atoms with Crippen molar-refractivity contribution in [2.45, 2.75) is 50.5 Å². The Morgan fingerprint density at radius 2 is 1.48 bits per heavy atom. The third kappa shape index (κ3) is 9.24. The van der Waals surface area contributed by atoms with E-state index in [0.717, 1.165) is 28.8 Å². The molecule has 5 rings (SSSR count). The molecule has 0 unspecified atom stereocenters. The smallest absolute Gasteiger partial charge is 0.328 e. The molecule has 1 saturated heterocycles. The number of urea groups is 1. The first-order valence-corrected chi connectivity index (χ1v) is 15.4. The van der Waals surface area contributed by atoms with Crippen LogP contribution in [0.2, 0.25) is 0 Å². The van der Waals surface area contributed by atoms with Crippen molar-refractivity contribution in [3.63, 3.8) is 0 Å². The quantitative estimate of drug-likeness (QED) is 0.172. The summed E-state index contributed by atoms with van der Waals surface area (Å²) in [5.74, 6) is -0.523. The summed E-state index contributed by atoms with van der Waals surface area (Å²) in [5.41, 5.74) is 5.37. The molecule has 4 aromatic carbocycles. The Kier molecular flexibility index (Phi) is 11.5. The van der Waals surface area contributed by atoms with E-state index in [0.29, 0.717) is 25.1 Å². The number of aliphatic hydroxyl groups is 1. The van der Waals surface area contributed by atoms with Crippen LogP contribution in [0.4, 0.5) is 10.5 Å². The molecule has 9 nitrogen and oxygen atoms in total. The van der Waals surface area contributed by atoms with E-state index in [1.54, 1.807) is 12.1 Å². The zero-order valence-corrected chi connectivity index (χ0v) is 26.2. The van der Waals surface area contributed by atoms with E-state index < -0.39 is 24.3 Å². The Balaban J connectivity index is 1.25. The number of nitrogens with one attached hydrogen (secondary N) is 2. The summed E-state index contributed by atoms with van der Waals surface area (Å²) in [4.78, 5) is 27.5. The molecule has 0 aliphatic carbocycles. The van der Waals surface area contributed by atoms with E-state index in [2.05, 4.69) is 34.7 Å². The van der Waals surface area contributed by atoms with Gasteiger partial charge in [0.05, 0.1) is 25.9 Å². The molecular formula is C37H41N3O6. The number of aliphatic hydroxyl groups excluding tert-OH is 1. The maximum atomic E-state index is 12.8. The highest BCUT2D eigenvalue weighted by Gasteiger charge is 2.33. The lowest BCUT2D eigenvalue weighted by Gasteiger charge is -2.38. The molecular weight excluding hydrogens is 582 g/mol. The molecule has 0 saturated carbocycles. The van der Waals surface area contributed by atoms with Gasteiger partial charge < -0.3 is 30.0 Å². The molecule has 1 heterocycles. The van der Waals surface area contributed by atoms with Gasteiger partial charge in [-0.25, -0.2) is 9.59 Å². The van der Waals surface area contributed by atoms with Gasteiger partial charge in [0.1, 0.15) is 6.04 Å². The molecule has 2 amide bonds. The number of rotatable bonds is 12. The van der Waals surface area contributed by atoms with E-state index in [1.165, 1.54) is 12.7 Å². The van der Waals surface area contributed by atoms with Crippen molar-refractivity contribution in [1.29, 1.82) is 0 Å². The van der Waals surface area contributed by atoms with Gasteiger partial charge in [-0.1, -0.05) is 97.1 Å². The molecule has 46 heavy (non-hydrogen) atoms. The molecule has 240 valence electrons. The molecule has 0 radical (unpaired) electrons. The number of methoxy groups -OCH3 is 1. The van der Waals surface area contributed by atoms with E-state index in [1.807, 2.05) is 84.9 Å². The summed E-state index contributed by atoms with van der Waals surface area (Å²) < 4.78 is 17.9. The van der Waals surface area contributed by atoms with Crippen LogP contribution in [0.25, 0.3) is 0 Å². The summed E-state index contributed by atoms with van der Waals surface area (Å²) in [6.45, 7) is 1.50. The minimum atomic E-state index is -0.837. The van der Waals surface area contributed by atoms with Crippen molar-refractivity contribution in [2.75, 3.05) is 26.0 Å². The third-order valence-corrected chi connectivity index (χ3v) is 7.94. The molecule has 4 aromatic rings. The van der Waals surface area contributed by atoms with Crippen LogP contribution >= 0.6 is 0 Å². The second-order valence-corrected chi connectivity index (χ2v) is 11.5. The summed E-state index contributed by atoms with van der Waals surface area (Å²) in [5, 5.41) is 15.0. The summed E-state index contributed by atoms with van der Waals surface area (Å²) in [6, 6.07) is 33.5. The average Bonchev–Trinajstić information content (AvgIpc) is 3.08. The molecule has 0 bridgehead atoms. The fourth-order valence-corrected chi connectivity index (χ4v) is 5.57. The molecule has 0 spiro atoms. The van der Waals surface area contributed by atoms with Crippen LogP contribution in [-0.4, -0.2) is 54.9 Å². The topological polar surface area (TPSA) is 109 Å². The van der Waals surface area contributed by atoms with E-state index in [-0.39, 0.29) is 18.8 Å². The number of carbonyl (C=O) groups is 2. The second-order valence-electron chi connectivity index (χ2n) is 11.5. The summed E-state index contributed by atoms with van der Waals surface area (Å²) >= 11 is 0. The Labute approximate surface area is 270 Å². The van der Waals surface area contributed by atoms with E-state index in [4.69, 9.17) is 14.2 Å². The Hall–Kier alpha value is -4.54. The van der Waals surface area contributed by atoms with Crippen molar-refractivity contribution in [2.24, 2.45) is 0 Å². The van der Waals surface area contributed by atoms with Gasteiger partial charge in [-0.3, -0.25) is 4.90 Å². The van der Waals surface area contributed by atoms with Gasteiger partial charge in [0, 0.05) is 37.2 Å². The van der Waals surface area contributed by atoms with Crippen molar-refractivity contribution in [1.82, 2.24) is 10.2 Å². The minimum absolute atomic E-state index is 0.0147. The van der Waals surface area contributed by atoms with E-state index in [9.17, 15) is 14.7 Å². The predicted octanol–water partition coefficient (Wildman–Crippen LogP) is 5.76. The van der Waals surface area contributed by atoms with Crippen LogP contribution in [0, 0.1) is 0 Å². The van der Waals surface area contributed by atoms with E-state index >= 15 is 0 Å². The number of likely N-dealkylation sites (N-methyl/N-ethyl adjacent to an activating group) is 1. The average molecular weight is 624 g/mol. The molecule has 1 aliphatic rings. The Morgan fingerprint density at radius 3 is 2.11 bits per heavy atom. The number of esters is 1. The maximum absolute atomic E-state index is 12.8. The predicted molar refractivity (Wildman–Crippen MR) is 176 cm³/mol. The highest BCUT2D eigenvalue weighted by atomic mass is 16.7. The van der Waals surface area contributed by atoms with Crippen LogP contribution < -0.4 is 10.6 Å². The summed E-state index contributed by atoms with van der Waals surface area (Å²) in [7, 11) is 3.39. The minimum Gasteiger partial charge on any atom is -0.467 e. The molecule has 1 fully saturated rings. The molecule has 3 N–H and O–H groups in total. The number of ether oxygens (including phenoxy) is 3. The number of benzene rings is 4. The SMILES string of the molecule is COC(=O)[C@H](Cc1ccccc1)NC(=O)Nc1ccc([C@@H]2O[C@H](CN(C)Cc3ccccc3)C[C@H](c3ccc(CO)cc3)O2)cc1. The number of amides is 2. The van der Waals surface area contributed by atoms with Gasteiger partial charge in [-0.15, -0.1) is 0 Å². The normalized spacial score (nSPS) is 18.5. The lowest BCUT2D eigenvalue weighted by atomic mass is 9.99. The number of nitrogens with zero attached hydrogens (tertiary/aromatic N) is 1. The standard InChI is InChI=1S/C37H41N3O6/c1-40(23-27-11-7-4-8-12-27)24-32-22-34(29-15-13-28(25-41)14-16-29)46-36(45-32)30-17-19-31(20-18-30)38-37(43)39-33(35(42)44-2)21-26-9-5-3-6-10-26/h3-20,32-34,36,41H,21-25H2,1-2H3,(H2,38,39,43)/t32-,33-,34+,36+/m0/s1. The van der Waals surface area contributed by atoms with Crippen LogP contribution in [0.3, 0.4) is 0 Å². The zero-order chi connectivity index (χ0) is 32.3. The van der Waals surface area contributed by atoms with Crippen molar-refractivity contribution in [3.8, 4) is 0 Å². The Bertz CT molecular complexity index is 1530. The first kappa shape index (κ1) is 32.8. The monoisotopic (exact) mass is 623 g/mol. The number of anilines is 1. The first-order chi connectivity index (χ1) is 22.4. The van der Waals surface area contributed by atoms with Crippen molar-refractivity contribution >= 4 is 17.7 Å². The van der Waals surface area contributed by atoms with Gasteiger partial charge in [0.15, 0.2) is 6.29 Å². The fourth-order valence-electron chi connectivity index (χ4n) is 5.57. The van der Waals surface area contributed by atoms with Crippen LogP contribution in [-0.2, 0) is 38.6 Å². The van der Waals surface area contributed by atoms with Gasteiger partial charge in [0.2, 0.25) is 0 Å². The van der Waals surface area contributed by atoms with Crippen molar-refractivity contribution < 1.29 is 28.9 Å². The molecule has 9 heteroatoms. The van der Waals surface area contributed by atoms with Gasteiger partial charge >= 0.3 is 12.0 Å². The fraction of sp³-hybridized carbons (Fsp3) is 0.297. The van der Waals surface area contributed by atoms with Gasteiger partial charge in [0.25, 0.3) is 0 Å². The van der Waals surface area contributed by atoms with Gasteiger partial charge in [-0.05, 0) is 41.4 Å². The summed E-state index contributed by atoms with van der Waals surface area (Å²) in [6.07, 6.45) is 0.0624. The van der Waals surface area contributed by atoms with Crippen LogP contribution in [0.1, 0.15) is 46.6 Å². The zero-order valence-electron chi connectivity index (χ0n) is 26.2. The lowest BCUT2D eigenvalue weighted by Crippen LogP contribution is -2.45. The van der Waals surface area contributed by atoms with Gasteiger partial charge in [-0.2, -0.15) is 0 Å². The number of carbonyl (C=O) groups excluding carboxylic acids is 2. The van der Waals surface area contributed by atoms with Crippen LogP contribution in [0.5, 0.6) is 0 Å². The second kappa shape index (κ2) is 16.1. The highest BCUT2D eigenvalue weighted by Crippen LogP contribution is 2.38.